The van der Waals surface area contributed by atoms with Crippen molar-refractivity contribution in [2.45, 2.75) is 25.9 Å². The Hall–Kier alpha value is 0.500. The van der Waals surface area contributed by atoms with Gasteiger partial charge in [0.15, 0.2) is 0 Å². The third kappa shape index (κ3) is 3.09. The SMILES string of the molecule is CC1COC[C@H](C)N1CCCl.Cl. The molecule has 1 saturated heterocycles. The first-order chi connectivity index (χ1) is 5.25. The Morgan fingerprint density at radius 3 is 2.25 bits per heavy atom. The monoisotopic (exact) mass is 213 g/mol. The first-order valence-corrected chi connectivity index (χ1v) is 4.68. The van der Waals surface area contributed by atoms with E-state index in [1.807, 2.05) is 0 Å². The molecule has 0 aromatic carbocycles. The molecule has 0 bridgehead atoms. The Bertz CT molecular complexity index is 114. The molecule has 0 amide bonds. The number of ether oxygens (including phenoxy) is 1. The van der Waals surface area contributed by atoms with Crippen LogP contribution in [0.15, 0.2) is 0 Å². The molecule has 74 valence electrons. The molecule has 0 aliphatic carbocycles. The molecule has 12 heavy (non-hydrogen) atoms. The third-order valence-electron chi connectivity index (χ3n) is 2.19. The van der Waals surface area contributed by atoms with E-state index < -0.39 is 0 Å². The number of morpholine rings is 1. The van der Waals surface area contributed by atoms with Gasteiger partial charge in [0, 0.05) is 24.5 Å². The maximum Gasteiger partial charge on any atom is 0.0620 e. The Labute approximate surface area is 85.6 Å². The van der Waals surface area contributed by atoms with E-state index in [4.69, 9.17) is 16.3 Å². The van der Waals surface area contributed by atoms with Gasteiger partial charge in [-0.1, -0.05) is 0 Å². The van der Waals surface area contributed by atoms with Crippen molar-refractivity contribution in [3.05, 3.63) is 0 Å². The second-order valence-electron chi connectivity index (χ2n) is 3.16. The van der Waals surface area contributed by atoms with Crippen molar-refractivity contribution in [1.82, 2.24) is 4.90 Å². The molecule has 1 rings (SSSR count). The molecule has 1 unspecified atom stereocenters. The van der Waals surface area contributed by atoms with E-state index in [1.54, 1.807) is 0 Å². The molecule has 0 aromatic rings. The van der Waals surface area contributed by atoms with Gasteiger partial charge in [-0.2, -0.15) is 0 Å². The lowest BCUT2D eigenvalue weighted by Crippen LogP contribution is -2.50. The van der Waals surface area contributed by atoms with Crippen molar-refractivity contribution in [2.75, 3.05) is 25.6 Å². The zero-order valence-corrected chi connectivity index (χ0v) is 9.20. The number of nitrogens with zero attached hydrogens (tertiary/aromatic N) is 1. The Balaban J connectivity index is 0.00000121. The number of hydrogen-bond donors (Lipinski definition) is 0. The van der Waals surface area contributed by atoms with Crippen LogP contribution in [0.3, 0.4) is 0 Å². The molecule has 1 aliphatic rings. The van der Waals surface area contributed by atoms with Crippen LogP contribution in [0.2, 0.25) is 0 Å². The molecule has 1 heterocycles. The van der Waals surface area contributed by atoms with Gasteiger partial charge < -0.3 is 4.74 Å². The van der Waals surface area contributed by atoms with Crippen LogP contribution in [0.1, 0.15) is 13.8 Å². The van der Waals surface area contributed by atoms with Crippen LogP contribution in [0, 0.1) is 0 Å². The highest BCUT2D eigenvalue weighted by Gasteiger charge is 2.23. The number of halogens is 2. The van der Waals surface area contributed by atoms with Crippen LogP contribution in [0.4, 0.5) is 0 Å². The fourth-order valence-electron chi connectivity index (χ4n) is 1.57. The topological polar surface area (TPSA) is 12.5 Å². The second-order valence-corrected chi connectivity index (χ2v) is 3.54. The molecular weight excluding hydrogens is 197 g/mol. The molecule has 0 saturated carbocycles. The van der Waals surface area contributed by atoms with Gasteiger partial charge in [-0.25, -0.2) is 0 Å². The van der Waals surface area contributed by atoms with Crippen molar-refractivity contribution in [3.63, 3.8) is 0 Å². The fourth-order valence-corrected chi connectivity index (χ4v) is 1.77. The van der Waals surface area contributed by atoms with Crippen LogP contribution in [-0.2, 0) is 4.74 Å². The van der Waals surface area contributed by atoms with Gasteiger partial charge in [0.1, 0.15) is 0 Å². The van der Waals surface area contributed by atoms with Gasteiger partial charge >= 0.3 is 0 Å². The van der Waals surface area contributed by atoms with Gasteiger partial charge in [-0.05, 0) is 13.8 Å². The summed E-state index contributed by atoms with van der Waals surface area (Å²) in [6, 6.07) is 1.05. The lowest BCUT2D eigenvalue weighted by atomic mass is 10.2. The molecule has 2 nitrogen and oxygen atoms in total. The number of alkyl halides is 1. The van der Waals surface area contributed by atoms with E-state index in [2.05, 4.69) is 18.7 Å². The average molecular weight is 214 g/mol. The van der Waals surface area contributed by atoms with Crippen molar-refractivity contribution < 1.29 is 4.74 Å². The molecule has 4 heteroatoms. The maximum atomic E-state index is 5.68. The molecule has 0 spiro atoms. The van der Waals surface area contributed by atoms with Crippen molar-refractivity contribution >= 4 is 24.0 Å². The molecule has 2 atom stereocenters. The molecule has 0 radical (unpaired) electrons. The quantitative estimate of drug-likeness (QED) is 0.649. The zero-order chi connectivity index (χ0) is 8.27. The Morgan fingerprint density at radius 1 is 1.33 bits per heavy atom. The van der Waals surface area contributed by atoms with Crippen LogP contribution in [0.5, 0.6) is 0 Å². The van der Waals surface area contributed by atoms with Crippen LogP contribution in [-0.4, -0.2) is 42.6 Å². The summed E-state index contributed by atoms with van der Waals surface area (Å²) >= 11 is 5.68. The lowest BCUT2D eigenvalue weighted by molar-refractivity contribution is -0.0334. The van der Waals surface area contributed by atoms with Crippen LogP contribution < -0.4 is 0 Å². The smallest absolute Gasteiger partial charge is 0.0620 e. The molecule has 1 fully saturated rings. The van der Waals surface area contributed by atoms with E-state index in [1.165, 1.54) is 0 Å². The standard InChI is InChI=1S/C8H16ClNO.ClH/c1-7-5-11-6-8(2)10(7)4-3-9;/h7-8H,3-6H2,1-2H3;1H/t7-,8?;/m0./s1. The highest BCUT2D eigenvalue weighted by atomic mass is 35.5. The first-order valence-electron chi connectivity index (χ1n) is 4.15. The predicted octanol–water partition coefficient (Wildman–Crippen LogP) is 1.76. The minimum atomic E-state index is 0. The van der Waals surface area contributed by atoms with Crippen molar-refractivity contribution in [1.29, 1.82) is 0 Å². The highest BCUT2D eigenvalue weighted by Crippen LogP contribution is 2.12. The fraction of sp³-hybridized carbons (Fsp3) is 1.00. The molecule has 0 N–H and O–H groups in total. The van der Waals surface area contributed by atoms with Gasteiger partial charge in [-0.3, -0.25) is 4.90 Å². The minimum Gasteiger partial charge on any atom is -0.378 e. The van der Waals surface area contributed by atoms with E-state index in [0.29, 0.717) is 18.0 Å². The van der Waals surface area contributed by atoms with E-state index in [9.17, 15) is 0 Å². The van der Waals surface area contributed by atoms with Gasteiger partial charge in [0.2, 0.25) is 0 Å². The second kappa shape index (κ2) is 6.03. The average Bonchev–Trinajstić information content (AvgIpc) is 1.97. The Morgan fingerprint density at radius 2 is 1.83 bits per heavy atom. The van der Waals surface area contributed by atoms with Crippen molar-refractivity contribution in [3.8, 4) is 0 Å². The third-order valence-corrected chi connectivity index (χ3v) is 2.36. The summed E-state index contributed by atoms with van der Waals surface area (Å²) in [6.07, 6.45) is 0. The van der Waals surface area contributed by atoms with Crippen LogP contribution >= 0.6 is 24.0 Å². The summed E-state index contributed by atoms with van der Waals surface area (Å²) in [5, 5.41) is 0. The number of hydrogen-bond acceptors (Lipinski definition) is 2. The van der Waals surface area contributed by atoms with Gasteiger partial charge in [-0.15, -0.1) is 24.0 Å². The normalized spacial score (nSPS) is 31.2. The summed E-state index contributed by atoms with van der Waals surface area (Å²) < 4.78 is 5.39. The lowest BCUT2D eigenvalue weighted by Gasteiger charge is -2.38. The minimum absolute atomic E-state index is 0. The highest BCUT2D eigenvalue weighted by molar-refractivity contribution is 6.18. The summed E-state index contributed by atoms with van der Waals surface area (Å²) in [7, 11) is 0. The summed E-state index contributed by atoms with van der Waals surface area (Å²) in [6.45, 7) is 7.04. The molecule has 0 aromatic heterocycles. The number of rotatable bonds is 2. The zero-order valence-electron chi connectivity index (χ0n) is 7.62. The van der Waals surface area contributed by atoms with Crippen molar-refractivity contribution in [2.24, 2.45) is 0 Å². The molecular formula is C8H17Cl2NO. The van der Waals surface area contributed by atoms with E-state index in [0.717, 1.165) is 19.8 Å². The van der Waals surface area contributed by atoms with E-state index in [-0.39, 0.29) is 12.4 Å². The first kappa shape index (κ1) is 12.5. The predicted molar refractivity (Wildman–Crippen MR) is 54.4 cm³/mol. The van der Waals surface area contributed by atoms with Crippen LogP contribution in [0.25, 0.3) is 0 Å². The maximum absolute atomic E-state index is 5.68. The van der Waals surface area contributed by atoms with E-state index >= 15 is 0 Å². The summed E-state index contributed by atoms with van der Waals surface area (Å²) in [5.41, 5.74) is 0. The largest absolute Gasteiger partial charge is 0.378 e. The van der Waals surface area contributed by atoms with Gasteiger partial charge in [0.05, 0.1) is 13.2 Å². The summed E-state index contributed by atoms with van der Waals surface area (Å²) in [4.78, 5) is 2.40. The summed E-state index contributed by atoms with van der Waals surface area (Å²) in [5.74, 6) is 0.717. The Kier molecular flexibility index (Phi) is 6.28. The molecule has 1 aliphatic heterocycles. The van der Waals surface area contributed by atoms with Gasteiger partial charge in [0.25, 0.3) is 0 Å².